The average molecular weight is 267 g/mol. The van der Waals surface area contributed by atoms with Crippen LogP contribution in [0.5, 0.6) is 0 Å². The zero-order chi connectivity index (χ0) is 13.0. The molecular weight excluding hydrogens is 242 g/mol. The number of nitrogens with zero attached hydrogens (tertiary/aromatic N) is 2. The summed E-state index contributed by atoms with van der Waals surface area (Å²) < 4.78 is 0. The van der Waals surface area contributed by atoms with Crippen LogP contribution in [-0.4, -0.2) is 49.1 Å². The molecule has 2 atom stereocenters. The van der Waals surface area contributed by atoms with Crippen molar-refractivity contribution in [3.8, 4) is 0 Å². The van der Waals surface area contributed by atoms with Gasteiger partial charge in [0.15, 0.2) is 0 Å². The second-order valence-corrected chi connectivity index (χ2v) is 6.20. The van der Waals surface area contributed by atoms with Gasteiger partial charge in [-0.1, -0.05) is 13.0 Å². The summed E-state index contributed by atoms with van der Waals surface area (Å²) in [5, 5.41) is 2.16. The molecule has 1 aliphatic heterocycles. The van der Waals surface area contributed by atoms with E-state index in [-0.39, 0.29) is 6.04 Å². The highest BCUT2D eigenvalue weighted by atomic mass is 32.1. The summed E-state index contributed by atoms with van der Waals surface area (Å²) in [6.45, 7) is 6.84. The van der Waals surface area contributed by atoms with Gasteiger partial charge in [0.1, 0.15) is 0 Å². The maximum atomic E-state index is 6.38. The number of rotatable bonds is 4. The Morgan fingerprint density at radius 3 is 2.83 bits per heavy atom. The van der Waals surface area contributed by atoms with E-state index in [0.717, 1.165) is 19.5 Å². The van der Waals surface area contributed by atoms with Gasteiger partial charge in [0.25, 0.3) is 0 Å². The molecule has 102 valence electrons. The maximum Gasteiger partial charge on any atom is 0.0593 e. The molecule has 2 rings (SSSR count). The van der Waals surface area contributed by atoms with E-state index in [9.17, 15) is 0 Å². The van der Waals surface area contributed by atoms with Gasteiger partial charge >= 0.3 is 0 Å². The third-order valence-corrected chi connectivity index (χ3v) is 4.80. The van der Waals surface area contributed by atoms with E-state index in [0.29, 0.717) is 6.04 Å². The smallest absolute Gasteiger partial charge is 0.0593 e. The third kappa shape index (κ3) is 3.32. The zero-order valence-electron chi connectivity index (χ0n) is 11.5. The summed E-state index contributed by atoms with van der Waals surface area (Å²) in [7, 11) is 2.21. The van der Waals surface area contributed by atoms with Gasteiger partial charge in [-0.3, -0.25) is 4.90 Å². The minimum atomic E-state index is 0.243. The minimum Gasteiger partial charge on any atom is -0.326 e. The third-order valence-electron chi connectivity index (χ3n) is 3.86. The number of thiophene rings is 1. The van der Waals surface area contributed by atoms with Crippen molar-refractivity contribution in [2.75, 3.05) is 33.2 Å². The summed E-state index contributed by atoms with van der Waals surface area (Å²) in [5.74, 6) is 0. The molecule has 0 spiro atoms. The normalized spacial score (nSPS) is 22.6. The van der Waals surface area contributed by atoms with Crippen LogP contribution in [0, 0.1) is 0 Å². The van der Waals surface area contributed by atoms with Crippen LogP contribution in [0.3, 0.4) is 0 Å². The van der Waals surface area contributed by atoms with Crippen LogP contribution in [0.2, 0.25) is 0 Å². The van der Waals surface area contributed by atoms with E-state index in [1.54, 1.807) is 0 Å². The van der Waals surface area contributed by atoms with Gasteiger partial charge in [0, 0.05) is 30.6 Å². The van der Waals surface area contributed by atoms with Crippen molar-refractivity contribution in [2.24, 2.45) is 5.73 Å². The quantitative estimate of drug-likeness (QED) is 0.907. The van der Waals surface area contributed by atoms with Crippen molar-refractivity contribution in [1.29, 1.82) is 0 Å². The van der Waals surface area contributed by atoms with Crippen LogP contribution in [-0.2, 0) is 0 Å². The topological polar surface area (TPSA) is 32.5 Å². The van der Waals surface area contributed by atoms with Crippen molar-refractivity contribution in [1.82, 2.24) is 9.80 Å². The molecule has 0 aliphatic carbocycles. The van der Waals surface area contributed by atoms with Crippen LogP contribution in [0.1, 0.15) is 30.7 Å². The van der Waals surface area contributed by atoms with E-state index >= 15 is 0 Å². The maximum absolute atomic E-state index is 6.38. The highest BCUT2D eigenvalue weighted by Crippen LogP contribution is 2.29. The van der Waals surface area contributed by atoms with E-state index in [1.807, 2.05) is 11.3 Å². The standard InChI is InChI=1S/C14H25N3S/c1-3-12(15)14(13-6-4-11-18-13)17-8-5-7-16(2)9-10-17/h4,6,11-12,14H,3,5,7-10,15H2,1-2H3. The van der Waals surface area contributed by atoms with E-state index < -0.39 is 0 Å². The lowest BCUT2D eigenvalue weighted by molar-refractivity contribution is 0.178. The first-order chi connectivity index (χ1) is 8.72. The fourth-order valence-electron chi connectivity index (χ4n) is 2.69. The Balaban J connectivity index is 2.13. The van der Waals surface area contributed by atoms with E-state index in [2.05, 4.69) is 41.3 Å². The summed E-state index contributed by atoms with van der Waals surface area (Å²) >= 11 is 1.84. The Morgan fingerprint density at radius 2 is 2.17 bits per heavy atom. The van der Waals surface area contributed by atoms with Crippen LogP contribution < -0.4 is 5.73 Å². The van der Waals surface area contributed by atoms with Gasteiger partial charge in [-0.05, 0) is 37.9 Å². The number of likely N-dealkylation sites (N-methyl/N-ethyl adjacent to an activating group) is 1. The Labute approximate surface area is 115 Å². The van der Waals surface area contributed by atoms with E-state index in [4.69, 9.17) is 5.73 Å². The Bertz CT molecular complexity index is 339. The van der Waals surface area contributed by atoms with Crippen molar-refractivity contribution in [2.45, 2.75) is 31.8 Å². The molecule has 1 aromatic rings. The highest BCUT2D eigenvalue weighted by Gasteiger charge is 2.27. The SMILES string of the molecule is CCC(N)C(c1cccs1)N1CCCN(C)CC1. The van der Waals surface area contributed by atoms with Crippen molar-refractivity contribution < 1.29 is 0 Å². The first-order valence-electron chi connectivity index (χ1n) is 6.94. The Morgan fingerprint density at radius 1 is 1.33 bits per heavy atom. The molecule has 3 nitrogen and oxygen atoms in total. The van der Waals surface area contributed by atoms with Gasteiger partial charge in [0.05, 0.1) is 6.04 Å². The molecule has 1 aromatic heterocycles. The van der Waals surface area contributed by atoms with Crippen molar-refractivity contribution in [3.05, 3.63) is 22.4 Å². The summed E-state index contributed by atoms with van der Waals surface area (Å²) in [5.41, 5.74) is 6.38. The first-order valence-corrected chi connectivity index (χ1v) is 7.82. The van der Waals surface area contributed by atoms with Crippen molar-refractivity contribution >= 4 is 11.3 Å². The second-order valence-electron chi connectivity index (χ2n) is 5.23. The molecule has 0 radical (unpaired) electrons. The summed E-state index contributed by atoms with van der Waals surface area (Å²) in [6, 6.07) is 5.02. The molecule has 1 fully saturated rings. The van der Waals surface area contributed by atoms with Crippen molar-refractivity contribution in [3.63, 3.8) is 0 Å². The Hall–Kier alpha value is -0.420. The second kappa shape index (κ2) is 6.66. The monoisotopic (exact) mass is 267 g/mol. The molecular formula is C14H25N3S. The van der Waals surface area contributed by atoms with Gasteiger partial charge in [-0.25, -0.2) is 0 Å². The predicted octanol–water partition coefficient (Wildman–Crippen LogP) is 2.16. The average Bonchev–Trinajstić information content (AvgIpc) is 2.80. The molecule has 0 bridgehead atoms. The fourth-order valence-corrected chi connectivity index (χ4v) is 3.62. The van der Waals surface area contributed by atoms with Gasteiger partial charge < -0.3 is 10.6 Å². The number of nitrogens with two attached hydrogens (primary N) is 1. The van der Waals surface area contributed by atoms with Gasteiger partial charge in [-0.2, -0.15) is 0 Å². The Kier molecular flexibility index (Phi) is 5.18. The lowest BCUT2D eigenvalue weighted by Crippen LogP contribution is -2.42. The molecule has 2 N–H and O–H groups in total. The lowest BCUT2D eigenvalue weighted by atomic mass is 10.0. The largest absolute Gasteiger partial charge is 0.326 e. The highest BCUT2D eigenvalue weighted by molar-refractivity contribution is 7.10. The first kappa shape index (κ1) is 14.0. The molecule has 2 unspecified atom stereocenters. The molecule has 0 aromatic carbocycles. The predicted molar refractivity (Wildman–Crippen MR) is 79.0 cm³/mol. The van der Waals surface area contributed by atoms with Crippen LogP contribution in [0.15, 0.2) is 17.5 Å². The van der Waals surface area contributed by atoms with Crippen LogP contribution in [0.4, 0.5) is 0 Å². The molecule has 2 heterocycles. The zero-order valence-corrected chi connectivity index (χ0v) is 12.3. The summed E-state index contributed by atoms with van der Waals surface area (Å²) in [6.07, 6.45) is 2.28. The van der Waals surface area contributed by atoms with Gasteiger partial charge in [0.2, 0.25) is 0 Å². The molecule has 0 saturated carbocycles. The fraction of sp³-hybridized carbons (Fsp3) is 0.714. The molecule has 4 heteroatoms. The lowest BCUT2D eigenvalue weighted by Gasteiger charge is -2.33. The summed E-state index contributed by atoms with van der Waals surface area (Å²) in [4.78, 5) is 6.43. The molecule has 1 aliphatic rings. The molecule has 0 amide bonds. The van der Waals surface area contributed by atoms with Crippen LogP contribution in [0.25, 0.3) is 0 Å². The number of hydrogen-bond acceptors (Lipinski definition) is 4. The molecule has 1 saturated heterocycles. The molecule has 18 heavy (non-hydrogen) atoms. The minimum absolute atomic E-state index is 0.243. The van der Waals surface area contributed by atoms with Gasteiger partial charge in [-0.15, -0.1) is 11.3 Å². The van der Waals surface area contributed by atoms with Crippen LogP contribution >= 0.6 is 11.3 Å². The number of hydrogen-bond donors (Lipinski definition) is 1. The van der Waals surface area contributed by atoms with E-state index in [1.165, 1.54) is 24.4 Å².